The van der Waals surface area contributed by atoms with Crippen LogP contribution in [-0.2, 0) is 16.8 Å². The summed E-state index contributed by atoms with van der Waals surface area (Å²) in [6, 6.07) is 9.50. The van der Waals surface area contributed by atoms with Gasteiger partial charge in [0.05, 0.1) is 18.8 Å². The fourth-order valence-electron chi connectivity index (χ4n) is 3.05. The first kappa shape index (κ1) is 21.8. The predicted octanol–water partition coefficient (Wildman–Crippen LogP) is 5.76. The maximum absolute atomic E-state index is 12.6. The molecular weight excluding hydrogens is 352 g/mol. The number of benzene rings is 2. The molecule has 152 valence electrons. The van der Waals surface area contributed by atoms with Gasteiger partial charge in [0.25, 0.3) is 0 Å². The molecule has 0 saturated carbocycles. The van der Waals surface area contributed by atoms with Gasteiger partial charge in [0, 0.05) is 0 Å². The molecule has 0 saturated heterocycles. The van der Waals surface area contributed by atoms with Crippen LogP contribution in [0.2, 0.25) is 0 Å². The Balaban J connectivity index is 2.17. The van der Waals surface area contributed by atoms with Gasteiger partial charge >= 0.3 is 5.97 Å². The lowest BCUT2D eigenvalue weighted by Gasteiger charge is -2.22. The minimum Gasteiger partial charge on any atom is -0.490 e. The molecule has 2 aromatic carbocycles. The average molecular weight is 385 g/mol. The molecule has 0 atom stereocenters. The van der Waals surface area contributed by atoms with E-state index in [1.54, 1.807) is 18.2 Å². The van der Waals surface area contributed by atoms with Crippen LogP contribution < -0.4 is 9.47 Å². The van der Waals surface area contributed by atoms with Gasteiger partial charge in [0.1, 0.15) is 6.61 Å². The summed E-state index contributed by atoms with van der Waals surface area (Å²) in [5.74, 6) is 0.814. The van der Waals surface area contributed by atoms with E-state index in [0.717, 1.165) is 16.7 Å². The van der Waals surface area contributed by atoms with E-state index in [1.807, 2.05) is 13.8 Å². The van der Waals surface area contributed by atoms with Crippen LogP contribution in [0.25, 0.3) is 0 Å². The van der Waals surface area contributed by atoms with E-state index in [0.29, 0.717) is 30.3 Å². The number of esters is 1. The van der Waals surface area contributed by atoms with Crippen LogP contribution in [0.15, 0.2) is 30.3 Å². The lowest BCUT2D eigenvalue weighted by molar-refractivity contribution is 0.0471. The number of rotatable bonds is 7. The summed E-state index contributed by atoms with van der Waals surface area (Å²) in [5, 5.41) is 0. The molecule has 0 unspecified atom stereocenters. The van der Waals surface area contributed by atoms with Crippen LogP contribution in [-0.4, -0.2) is 19.2 Å². The van der Waals surface area contributed by atoms with Gasteiger partial charge in [-0.1, -0.05) is 32.9 Å². The van der Waals surface area contributed by atoms with Crippen molar-refractivity contribution in [2.45, 2.75) is 60.5 Å². The van der Waals surface area contributed by atoms with Gasteiger partial charge in [-0.2, -0.15) is 0 Å². The third kappa shape index (κ3) is 5.28. The van der Waals surface area contributed by atoms with Crippen LogP contribution in [0.1, 0.15) is 67.2 Å². The van der Waals surface area contributed by atoms with Gasteiger partial charge in [-0.05, 0) is 73.6 Å². The van der Waals surface area contributed by atoms with E-state index >= 15 is 0 Å². The molecular formula is C24H32O4. The molecule has 2 rings (SSSR count). The summed E-state index contributed by atoms with van der Waals surface area (Å²) in [7, 11) is 0. The van der Waals surface area contributed by atoms with E-state index in [4.69, 9.17) is 14.2 Å². The normalized spacial score (nSPS) is 11.2. The first-order valence-corrected chi connectivity index (χ1v) is 9.84. The minimum absolute atomic E-state index is 0.0860. The Morgan fingerprint density at radius 2 is 1.46 bits per heavy atom. The molecule has 0 aliphatic heterocycles. The third-order valence-electron chi connectivity index (χ3n) is 4.69. The zero-order valence-electron chi connectivity index (χ0n) is 18.1. The van der Waals surface area contributed by atoms with E-state index in [2.05, 4.69) is 46.8 Å². The van der Waals surface area contributed by atoms with Crippen molar-refractivity contribution < 1.29 is 19.0 Å². The Morgan fingerprint density at radius 1 is 0.893 bits per heavy atom. The van der Waals surface area contributed by atoms with Crippen molar-refractivity contribution in [1.82, 2.24) is 0 Å². The highest BCUT2D eigenvalue weighted by atomic mass is 16.5. The van der Waals surface area contributed by atoms with Crippen LogP contribution in [0, 0.1) is 13.8 Å². The Kier molecular flexibility index (Phi) is 7.11. The van der Waals surface area contributed by atoms with Gasteiger partial charge in [0.2, 0.25) is 0 Å². The summed E-state index contributed by atoms with van der Waals surface area (Å²) in [6.07, 6.45) is 0. The van der Waals surface area contributed by atoms with Crippen LogP contribution in [0.4, 0.5) is 0 Å². The third-order valence-corrected chi connectivity index (χ3v) is 4.69. The number of ether oxygens (including phenoxy) is 3. The monoisotopic (exact) mass is 384 g/mol. The van der Waals surface area contributed by atoms with Crippen LogP contribution in [0.5, 0.6) is 11.5 Å². The zero-order chi connectivity index (χ0) is 20.9. The van der Waals surface area contributed by atoms with E-state index in [9.17, 15) is 4.79 Å². The molecule has 4 heteroatoms. The van der Waals surface area contributed by atoms with Gasteiger partial charge in [0.15, 0.2) is 11.5 Å². The SMILES string of the molecule is CCOc1ccc(C(=O)OCc2c(C)cc(C(C)(C)C)cc2C)cc1OCC. The summed E-state index contributed by atoms with van der Waals surface area (Å²) in [4.78, 5) is 12.6. The predicted molar refractivity (Wildman–Crippen MR) is 113 cm³/mol. The quantitative estimate of drug-likeness (QED) is 0.570. The summed E-state index contributed by atoms with van der Waals surface area (Å²) in [6.45, 7) is 15.8. The molecule has 0 heterocycles. The second-order valence-corrected chi connectivity index (χ2v) is 7.94. The van der Waals surface area contributed by atoms with E-state index in [-0.39, 0.29) is 18.0 Å². The molecule has 0 fully saturated rings. The zero-order valence-corrected chi connectivity index (χ0v) is 18.1. The topological polar surface area (TPSA) is 44.8 Å². The largest absolute Gasteiger partial charge is 0.490 e. The Hall–Kier alpha value is -2.49. The fraction of sp³-hybridized carbons (Fsp3) is 0.458. The molecule has 0 amide bonds. The Bertz CT molecular complexity index is 808. The lowest BCUT2D eigenvalue weighted by Crippen LogP contribution is -2.13. The number of hydrogen-bond acceptors (Lipinski definition) is 4. The minimum atomic E-state index is -0.373. The van der Waals surface area contributed by atoms with Crippen molar-refractivity contribution in [3.05, 3.63) is 58.1 Å². The van der Waals surface area contributed by atoms with Crippen molar-refractivity contribution in [3.8, 4) is 11.5 Å². The second kappa shape index (κ2) is 9.13. The molecule has 0 spiro atoms. The number of carbonyl (C=O) groups excluding carboxylic acids is 1. The summed E-state index contributed by atoms with van der Waals surface area (Å²) in [5.41, 5.74) is 5.15. The molecule has 0 radical (unpaired) electrons. The van der Waals surface area contributed by atoms with Gasteiger partial charge < -0.3 is 14.2 Å². The Labute approximate surface area is 168 Å². The molecule has 0 bridgehead atoms. The highest BCUT2D eigenvalue weighted by Gasteiger charge is 2.18. The molecule has 0 N–H and O–H groups in total. The first-order valence-electron chi connectivity index (χ1n) is 9.84. The number of hydrogen-bond donors (Lipinski definition) is 0. The highest BCUT2D eigenvalue weighted by Crippen LogP contribution is 2.30. The number of aryl methyl sites for hydroxylation is 2. The lowest BCUT2D eigenvalue weighted by atomic mass is 9.84. The molecule has 28 heavy (non-hydrogen) atoms. The van der Waals surface area contributed by atoms with Gasteiger partial charge in [-0.15, -0.1) is 0 Å². The van der Waals surface area contributed by atoms with Crippen molar-refractivity contribution in [2.75, 3.05) is 13.2 Å². The van der Waals surface area contributed by atoms with Gasteiger partial charge in [-0.3, -0.25) is 0 Å². The smallest absolute Gasteiger partial charge is 0.338 e. The maximum Gasteiger partial charge on any atom is 0.338 e. The summed E-state index contributed by atoms with van der Waals surface area (Å²) < 4.78 is 16.7. The maximum atomic E-state index is 12.6. The van der Waals surface area contributed by atoms with Crippen LogP contribution in [0.3, 0.4) is 0 Å². The molecule has 0 aliphatic rings. The first-order chi connectivity index (χ1) is 13.2. The van der Waals surface area contributed by atoms with Crippen LogP contribution >= 0.6 is 0 Å². The molecule has 0 aromatic heterocycles. The summed E-state index contributed by atoms with van der Waals surface area (Å²) >= 11 is 0. The molecule has 0 aliphatic carbocycles. The average Bonchev–Trinajstić information content (AvgIpc) is 2.61. The molecule has 4 nitrogen and oxygen atoms in total. The van der Waals surface area contributed by atoms with Gasteiger partial charge in [-0.25, -0.2) is 4.79 Å². The van der Waals surface area contributed by atoms with Crippen molar-refractivity contribution in [2.24, 2.45) is 0 Å². The van der Waals surface area contributed by atoms with Crippen molar-refractivity contribution in [3.63, 3.8) is 0 Å². The van der Waals surface area contributed by atoms with E-state index in [1.165, 1.54) is 5.56 Å². The van der Waals surface area contributed by atoms with E-state index < -0.39 is 0 Å². The highest BCUT2D eigenvalue weighted by molar-refractivity contribution is 5.90. The fourth-order valence-corrected chi connectivity index (χ4v) is 3.05. The molecule has 2 aromatic rings. The van der Waals surface area contributed by atoms with Crippen molar-refractivity contribution in [1.29, 1.82) is 0 Å². The Morgan fingerprint density at radius 3 is 2.00 bits per heavy atom. The number of carbonyl (C=O) groups is 1. The second-order valence-electron chi connectivity index (χ2n) is 7.94. The van der Waals surface area contributed by atoms with Crippen molar-refractivity contribution >= 4 is 5.97 Å². The standard InChI is InChI=1S/C24H32O4/c1-8-26-21-11-10-18(14-22(21)27-9-2)23(25)28-15-20-16(3)12-19(13-17(20)4)24(5,6)7/h10-14H,8-9,15H2,1-7H3.